The van der Waals surface area contributed by atoms with Crippen molar-refractivity contribution >= 4 is 23.4 Å². The molecule has 0 aliphatic carbocycles. The molecular weight excluding hydrogens is 290 g/mol. The smallest absolute Gasteiger partial charge is 0.237 e. The van der Waals surface area contributed by atoms with Gasteiger partial charge in [-0.15, -0.1) is 11.8 Å². The van der Waals surface area contributed by atoms with Crippen molar-refractivity contribution in [2.75, 3.05) is 11.1 Å². The van der Waals surface area contributed by atoms with Crippen LogP contribution in [0.1, 0.15) is 23.6 Å². The van der Waals surface area contributed by atoms with Crippen LogP contribution in [0.4, 0.5) is 5.69 Å². The van der Waals surface area contributed by atoms with Crippen molar-refractivity contribution in [3.63, 3.8) is 0 Å². The van der Waals surface area contributed by atoms with Crippen molar-refractivity contribution in [3.05, 3.63) is 65.2 Å². The van der Waals surface area contributed by atoms with Crippen LogP contribution in [0.5, 0.6) is 0 Å². The fourth-order valence-electron chi connectivity index (χ4n) is 2.26. The van der Waals surface area contributed by atoms with Crippen LogP contribution in [-0.4, -0.2) is 16.9 Å². The molecule has 0 saturated carbocycles. The van der Waals surface area contributed by atoms with Crippen LogP contribution >= 0.6 is 11.8 Å². The first-order valence-electron chi connectivity index (χ1n) is 7.60. The summed E-state index contributed by atoms with van der Waals surface area (Å²) in [6.45, 7) is 6.05. The average Bonchev–Trinajstić information content (AvgIpc) is 2.51. The Morgan fingerprint density at radius 2 is 1.86 bits per heavy atom. The predicted octanol–water partition coefficient (Wildman–Crippen LogP) is 4.61. The summed E-state index contributed by atoms with van der Waals surface area (Å²) in [6, 6.07) is 16.5. The predicted molar refractivity (Wildman–Crippen MR) is 96.6 cm³/mol. The van der Waals surface area contributed by atoms with Gasteiger partial charge in [0.25, 0.3) is 0 Å². The monoisotopic (exact) mass is 313 g/mol. The van der Waals surface area contributed by atoms with Crippen LogP contribution in [0.15, 0.2) is 48.5 Å². The van der Waals surface area contributed by atoms with E-state index >= 15 is 0 Å². The molecule has 0 heterocycles. The van der Waals surface area contributed by atoms with Gasteiger partial charge in [0.2, 0.25) is 5.91 Å². The number of carbonyl (C=O) groups is 1. The van der Waals surface area contributed by atoms with Gasteiger partial charge in [0.15, 0.2) is 0 Å². The molecule has 0 bridgehead atoms. The van der Waals surface area contributed by atoms with Gasteiger partial charge < -0.3 is 5.32 Å². The summed E-state index contributed by atoms with van der Waals surface area (Å²) in [5, 5.41) is 2.97. The number of amides is 1. The molecule has 2 aromatic carbocycles. The Morgan fingerprint density at radius 1 is 1.14 bits per heavy atom. The normalized spacial score (nSPS) is 12.0. The van der Waals surface area contributed by atoms with Gasteiger partial charge in [-0.2, -0.15) is 0 Å². The molecule has 1 unspecified atom stereocenters. The lowest BCUT2D eigenvalue weighted by Crippen LogP contribution is -2.23. The molecule has 0 radical (unpaired) electrons. The van der Waals surface area contributed by atoms with E-state index in [2.05, 4.69) is 42.6 Å². The van der Waals surface area contributed by atoms with Crippen molar-refractivity contribution < 1.29 is 4.79 Å². The second-order valence-electron chi connectivity index (χ2n) is 5.56. The first-order chi connectivity index (χ1) is 10.6. The summed E-state index contributed by atoms with van der Waals surface area (Å²) < 4.78 is 0. The molecule has 3 heteroatoms. The first-order valence-corrected chi connectivity index (χ1v) is 8.65. The highest BCUT2D eigenvalue weighted by molar-refractivity contribution is 8.00. The molecule has 116 valence electrons. The zero-order valence-corrected chi connectivity index (χ0v) is 14.2. The first kappa shape index (κ1) is 16.6. The maximum Gasteiger partial charge on any atom is 0.237 e. The summed E-state index contributed by atoms with van der Waals surface area (Å²) in [6.07, 6.45) is 0.993. The number of hydrogen-bond acceptors (Lipinski definition) is 2. The fraction of sp³-hybridized carbons (Fsp3) is 0.316. The average molecular weight is 313 g/mol. The lowest BCUT2D eigenvalue weighted by Gasteiger charge is -2.14. The Labute approximate surface area is 137 Å². The second-order valence-corrected chi connectivity index (χ2v) is 7.00. The number of hydrogen-bond donors (Lipinski definition) is 1. The van der Waals surface area contributed by atoms with E-state index in [1.54, 1.807) is 11.8 Å². The molecule has 0 saturated heterocycles. The number of anilines is 1. The minimum Gasteiger partial charge on any atom is -0.325 e. The second kappa shape index (κ2) is 8.04. The van der Waals surface area contributed by atoms with E-state index in [1.165, 1.54) is 11.1 Å². The molecule has 0 fully saturated rings. The van der Waals surface area contributed by atoms with Crippen molar-refractivity contribution in [2.24, 2.45) is 0 Å². The quantitative estimate of drug-likeness (QED) is 0.844. The Balaban J connectivity index is 1.82. The third kappa shape index (κ3) is 4.92. The zero-order valence-electron chi connectivity index (χ0n) is 13.4. The van der Waals surface area contributed by atoms with Gasteiger partial charge in [-0.05, 0) is 50.1 Å². The highest BCUT2D eigenvalue weighted by atomic mass is 32.2. The molecule has 1 atom stereocenters. The van der Waals surface area contributed by atoms with Crippen LogP contribution in [-0.2, 0) is 11.2 Å². The highest BCUT2D eigenvalue weighted by Crippen LogP contribution is 2.19. The van der Waals surface area contributed by atoms with Crippen molar-refractivity contribution in [1.29, 1.82) is 0 Å². The molecule has 2 aromatic rings. The van der Waals surface area contributed by atoms with E-state index in [1.807, 2.05) is 32.0 Å². The van der Waals surface area contributed by atoms with E-state index in [0.29, 0.717) is 0 Å². The third-order valence-corrected chi connectivity index (χ3v) is 4.76. The highest BCUT2D eigenvalue weighted by Gasteiger charge is 2.14. The molecule has 0 spiro atoms. The Hall–Kier alpha value is -1.74. The van der Waals surface area contributed by atoms with Gasteiger partial charge in [-0.1, -0.05) is 48.0 Å². The SMILES string of the molecule is Cc1ccc(NC(=O)C(C)SCCc2ccccc2)c(C)c1. The standard InChI is InChI=1S/C19H23NOS/c1-14-9-10-18(15(2)13-14)20-19(21)16(3)22-12-11-17-7-5-4-6-8-17/h4-10,13,16H,11-12H2,1-3H3,(H,20,21). The van der Waals surface area contributed by atoms with Crippen LogP contribution in [0.3, 0.4) is 0 Å². The Morgan fingerprint density at radius 3 is 2.55 bits per heavy atom. The fourth-order valence-corrected chi connectivity index (χ4v) is 3.18. The van der Waals surface area contributed by atoms with E-state index in [9.17, 15) is 4.79 Å². The molecule has 2 rings (SSSR count). The van der Waals surface area contributed by atoms with Gasteiger partial charge in [0.1, 0.15) is 0 Å². The van der Waals surface area contributed by atoms with Crippen LogP contribution in [0.2, 0.25) is 0 Å². The molecule has 0 aliphatic rings. The molecule has 2 nitrogen and oxygen atoms in total. The summed E-state index contributed by atoms with van der Waals surface area (Å²) in [5.41, 5.74) is 4.54. The summed E-state index contributed by atoms with van der Waals surface area (Å²) in [5.74, 6) is 1.02. The van der Waals surface area contributed by atoms with Crippen LogP contribution in [0.25, 0.3) is 0 Å². The lowest BCUT2D eigenvalue weighted by atomic mass is 10.1. The summed E-state index contributed by atoms with van der Waals surface area (Å²) in [4.78, 5) is 12.3. The van der Waals surface area contributed by atoms with Gasteiger partial charge in [0.05, 0.1) is 5.25 Å². The van der Waals surface area contributed by atoms with Crippen molar-refractivity contribution in [3.8, 4) is 0 Å². The summed E-state index contributed by atoms with van der Waals surface area (Å²) in [7, 11) is 0. The Kier molecular flexibility index (Phi) is 6.08. The van der Waals surface area contributed by atoms with Gasteiger partial charge >= 0.3 is 0 Å². The molecule has 0 aromatic heterocycles. The van der Waals surface area contributed by atoms with Crippen LogP contribution in [0, 0.1) is 13.8 Å². The lowest BCUT2D eigenvalue weighted by molar-refractivity contribution is -0.115. The topological polar surface area (TPSA) is 29.1 Å². The molecular formula is C19H23NOS. The largest absolute Gasteiger partial charge is 0.325 e. The number of rotatable bonds is 6. The van der Waals surface area contributed by atoms with E-state index < -0.39 is 0 Å². The number of aryl methyl sites for hydroxylation is 3. The number of thioether (sulfide) groups is 1. The minimum atomic E-state index is -0.0515. The zero-order chi connectivity index (χ0) is 15.9. The van der Waals surface area contributed by atoms with Crippen molar-refractivity contribution in [1.82, 2.24) is 0 Å². The maximum atomic E-state index is 12.3. The molecule has 22 heavy (non-hydrogen) atoms. The minimum absolute atomic E-state index is 0.0515. The Bertz CT molecular complexity index is 625. The van der Waals surface area contributed by atoms with E-state index in [0.717, 1.165) is 23.4 Å². The van der Waals surface area contributed by atoms with Gasteiger partial charge in [0, 0.05) is 5.69 Å². The molecule has 0 aliphatic heterocycles. The van der Waals surface area contributed by atoms with Crippen molar-refractivity contribution in [2.45, 2.75) is 32.4 Å². The molecule has 1 amide bonds. The summed E-state index contributed by atoms with van der Waals surface area (Å²) >= 11 is 1.70. The maximum absolute atomic E-state index is 12.3. The number of carbonyl (C=O) groups excluding carboxylic acids is 1. The molecule has 1 N–H and O–H groups in total. The van der Waals surface area contributed by atoms with Gasteiger partial charge in [-0.25, -0.2) is 0 Å². The number of nitrogens with one attached hydrogen (secondary N) is 1. The van der Waals surface area contributed by atoms with Gasteiger partial charge in [-0.3, -0.25) is 4.79 Å². The third-order valence-electron chi connectivity index (χ3n) is 3.61. The van der Waals surface area contributed by atoms with E-state index in [4.69, 9.17) is 0 Å². The van der Waals surface area contributed by atoms with Crippen LogP contribution < -0.4 is 5.32 Å². The van der Waals surface area contributed by atoms with E-state index in [-0.39, 0.29) is 11.2 Å². The number of benzene rings is 2.